The molecule has 2 heterocycles. The van der Waals surface area contributed by atoms with Crippen molar-refractivity contribution in [2.45, 2.75) is 33.4 Å². The predicted octanol–water partition coefficient (Wildman–Crippen LogP) is 5.40. The Balaban J connectivity index is 1.34. The van der Waals surface area contributed by atoms with Gasteiger partial charge in [0.25, 0.3) is 0 Å². The van der Waals surface area contributed by atoms with Gasteiger partial charge >= 0.3 is 6.03 Å². The van der Waals surface area contributed by atoms with Crippen LogP contribution in [0.25, 0.3) is 0 Å². The van der Waals surface area contributed by atoms with Gasteiger partial charge in [0.1, 0.15) is 17.3 Å². The average molecular weight is 455 g/mol. The molecule has 1 fully saturated rings. The summed E-state index contributed by atoms with van der Waals surface area (Å²) in [5, 5.41) is 3.09. The van der Waals surface area contributed by atoms with Gasteiger partial charge in [0.15, 0.2) is 5.75 Å². The van der Waals surface area contributed by atoms with Crippen LogP contribution in [0.4, 0.5) is 10.5 Å². The summed E-state index contributed by atoms with van der Waals surface area (Å²) in [6, 6.07) is 22.3. The number of aliphatic imine (C=N–C) groups is 1. The van der Waals surface area contributed by atoms with E-state index < -0.39 is 0 Å². The monoisotopic (exact) mass is 454 g/mol. The van der Waals surface area contributed by atoms with Crippen LogP contribution in [-0.4, -0.2) is 47.3 Å². The Morgan fingerprint density at radius 1 is 1.00 bits per heavy atom. The second-order valence-electron chi connectivity index (χ2n) is 9.14. The van der Waals surface area contributed by atoms with E-state index in [9.17, 15) is 4.79 Å². The molecule has 0 saturated carbocycles. The van der Waals surface area contributed by atoms with E-state index in [1.165, 1.54) is 5.56 Å². The number of fused-ring (bicyclic) bond motifs is 2. The summed E-state index contributed by atoms with van der Waals surface area (Å²) >= 11 is 0. The Bertz CT molecular complexity index is 1250. The number of piperazine rings is 1. The highest BCUT2D eigenvalue weighted by molar-refractivity contribution is 6.04. The number of ether oxygens (including phenoxy) is 1. The molecule has 0 unspecified atom stereocenters. The molecular formula is C28H30N4O2. The first-order valence-corrected chi connectivity index (χ1v) is 11.8. The molecule has 6 nitrogen and oxygen atoms in total. The molecule has 34 heavy (non-hydrogen) atoms. The molecule has 1 N–H and O–H groups in total. The molecule has 0 bridgehead atoms. The van der Waals surface area contributed by atoms with Crippen LogP contribution < -0.4 is 10.1 Å². The number of amides is 2. The molecule has 2 aliphatic heterocycles. The summed E-state index contributed by atoms with van der Waals surface area (Å²) < 4.78 is 6.23. The van der Waals surface area contributed by atoms with E-state index in [2.05, 4.69) is 55.3 Å². The molecule has 0 aromatic heterocycles. The van der Waals surface area contributed by atoms with E-state index in [0.29, 0.717) is 26.2 Å². The molecule has 6 heteroatoms. The van der Waals surface area contributed by atoms with Crippen LogP contribution in [0, 0.1) is 13.8 Å². The van der Waals surface area contributed by atoms with Crippen LogP contribution in [-0.2, 0) is 6.54 Å². The first-order chi connectivity index (χ1) is 16.5. The Labute approximate surface area is 200 Å². The highest BCUT2D eigenvalue weighted by Gasteiger charge is 2.31. The molecule has 1 saturated heterocycles. The van der Waals surface area contributed by atoms with E-state index in [-0.39, 0.29) is 12.1 Å². The van der Waals surface area contributed by atoms with Crippen molar-refractivity contribution < 1.29 is 9.53 Å². The van der Waals surface area contributed by atoms with Gasteiger partial charge in [-0.3, -0.25) is 0 Å². The van der Waals surface area contributed by atoms with Crippen LogP contribution in [0.15, 0.2) is 71.7 Å². The van der Waals surface area contributed by atoms with Gasteiger partial charge in [-0.25, -0.2) is 9.79 Å². The van der Waals surface area contributed by atoms with Crippen molar-refractivity contribution in [1.29, 1.82) is 0 Å². The number of hydrogen-bond acceptors (Lipinski definition) is 4. The Hall–Kier alpha value is -3.80. The number of urea groups is 1. The van der Waals surface area contributed by atoms with Crippen molar-refractivity contribution in [3.05, 3.63) is 89.0 Å². The standard InChI is InChI=1S/C28H30N4O2/c1-19-7-6-8-22(15-19)17-29-28(33)32-14-13-31(18-21(32)3)27-23-16-20(2)11-12-25(23)34-26-10-5-4-9-24(26)30-27/h4-12,15-16,21H,13-14,17-18H2,1-3H3,(H,29,33)/t21-/m0/s1. The van der Waals surface area contributed by atoms with Gasteiger partial charge in [0.2, 0.25) is 0 Å². The first kappa shape index (κ1) is 22.0. The molecule has 174 valence electrons. The maximum Gasteiger partial charge on any atom is 0.318 e. The third kappa shape index (κ3) is 4.49. The molecule has 2 amide bonds. The van der Waals surface area contributed by atoms with E-state index in [4.69, 9.17) is 9.73 Å². The molecule has 0 radical (unpaired) electrons. The normalized spacial score (nSPS) is 17.1. The topological polar surface area (TPSA) is 57.2 Å². The van der Waals surface area contributed by atoms with Crippen LogP contribution in [0.2, 0.25) is 0 Å². The van der Waals surface area contributed by atoms with Crippen LogP contribution in [0.3, 0.4) is 0 Å². The highest BCUT2D eigenvalue weighted by Crippen LogP contribution is 2.38. The van der Waals surface area contributed by atoms with Crippen molar-refractivity contribution >= 4 is 17.6 Å². The fourth-order valence-corrected chi connectivity index (χ4v) is 4.63. The fourth-order valence-electron chi connectivity index (χ4n) is 4.63. The fraction of sp³-hybridized carbons (Fsp3) is 0.286. The molecule has 0 spiro atoms. The lowest BCUT2D eigenvalue weighted by molar-refractivity contribution is 0.134. The third-order valence-electron chi connectivity index (χ3n) is 6.40. The van der Waals surface area contributed by atoms with Crippen LogP contribution in [0.1, 0.15) is 29.2 Å². The van der Waals surface area contributed by atoms with Crippen molar-refractivity contribution in [1.82, 2.24) is 15.1 Å². The van der Waals surface area contributed by atoms with Crippen molar-refractivity contribution in [2.75, 3.05) is 19.6 Å². The molecule has 2 aliphatic rings. The van der Waals surface area contributed by atoms with Gasteiger partial charge in [-0.1, -0.05) is 53.6 Å². The Morgan fingerprint density at radius 3 is 2.65 bits per heavy atom. The number of nitrogens with one attached hydrogen (secondary N) is 1. The van der Waals surface area contributed by atoms with E-state index >= 15 is 0 Å². The summed E-state index contributed by atoms with van der Waals surface area (Å²) in [4.78, 5) is 22.2. The SMILES string of the molecule is Cc1cccc(CNC(=O)N2CCN(C3=Nc4ccccc4Oc4ccc(C)cc43)C[C@@H]2C)c1. The van der Waals surface area contributed by atoms with Gasteiger partial charge in [-0.15, -0.1) is 0 Å². The minimum absolute atomic E-state index is 0.0265. The van der Waals surface area contributed by atoms with Gasteiger partial charge in [-0.05, 0) is 50.6 Å². The van der Waals surface area contributed by atoms with Gasteiger partial charge in [0.05, 0.1) is 5.56 Å². The maximum absolute atomic E-state index is 13.0. The largest absolute Gasteiger partial charge is 0.454 e. The highest BCUT2D eigenvalue weighted by atomic mass is 16.5. The average Bonchev–Trinajstić information content (AvgIpc) is 2.99. The first-order valence-electron chi connectivity index (χ1n) is 11.8. The second-order valence-corrected chi connectivity index (χ2v) is 9.14. The smallest absolute Gasteiger partial charge is 0.318 e. The van der Waals surface area contributed by atoms with Crippen LogP contribution >= 0.6 is 0 Å². The van der Waals surface area contributed by atoms with E-state index in [1.807, 2.05) is 47.4 Å². The molecule has 0 aliphatic carbocycles. The van der Waals surface area contributed by atoms with Crippen molar-refractivity contribution in [2.24, 2.45) is 4.99 Å². The summed E-state index contributed by atoms with van der Waals surface area (Å²) in [5.41, 5.74) is 5.26. The summed E-state index contributed by atoms with van der Waals surface area (Å²) in [7, 11) is 0. The van der Waals surface area contributed by atoms with Gasteiger partial charge < -0.3 is 19.9 Å². The number of carbonyl (C=O) groups excluding carboxylic acids is 1. The van der Waals surface area contributed by atoms with Crippen molar-refractivity contribution in [3.63, 3.8) is 0 Å². The molecule has 3 aromatic carbocycles. The number of para-hydroxylation sites is 2. The lowest BCUT2D eigenvalue weighted by atomic mass is 10.1. The number of benzene rings is 3. The number of carbonyl (C=O) groups is 1. The van der Waals surface area contributed by atoms with E-state index in [1.54, 1.807) is 0 Å². The second kappa shape index (κ2) is 9.21. The molecule has 3 aromatic rings. The van der Waals surface area contributed by atoms with E-state index in [0.717, 1.165) is 39.7 Å². The Kier molecular flexibility index (Phi) is 5.97. The summed E-state index contributed by atoms with van der Waals surface area (Å²) in [6.07, 6.45) is 0. The van der Waals surface area contributed by atoms with Crippen LogP contribution in [0.5, 0.6) is 11.5 Å². The minimum atomic E-state index is -0.0265. The summed E-state index contributed by atoms with van der Waals surface area (Å²) in [5.74, 6) is 2.46. The number of rotatable bonds is 2. The lowest BCUT2D eigenvalue weighted by Crippen LogP contribution is -2.57. The maximum atomic E-state index is 13.0. The number of amidine groups is 1. The Morgan fingerprint density at radius 2 is 1.82 bits per heavy atom. The zero-order valence-corrected chi connectivity index (χ0v) is 19.9. The van der Waals surface area contributed by atoms with Gasteiger partial charge in [0, 0.05) is 32.2 Å². The number of hydrogen-bond donors (Lipinski definition) is 1. The predicted molar refractivity (Wildman–Crippen MR) is 135 cm³/mol. The number of aryl methyl sites for hydroxylation is 2. The quantitative estimate of drug-likeness (QED) is 0.564. The van der Waals surface area contributed by atoms with Crippen molar-refractivity contribution in [3.8, 4) is 11.5 Å². The molecule has 1 atom stereocenters. The van der Waals surface area contributed by atoms with Gasteiger partial charge in [-0.2, -0.15) is 0 Å². The molecular weight excluding hydrogens is 424 g/mol. The lowest BCUT2D eigenvalue weighted by Gasteiger charge is -2.41. The summed E-state index contributed by atoms with van der Waals surface area (Å²) in [6.45, 7) is 8.80. The third-order valence-corrected chi connectivity index (χ3v) is 6.40. The molecule has 5 rings (SSSR count). The zero-order valence-electron chi connectivity index (χ0n) is 19.9. The number of nitrogens with zero attached hydrogens (tertiary/aromatic N) is 3. The zero-order chi connectivity index (χ0) is 23.7. The minimum Gasteiger partial charge on any atom is -0.454 e.